The number of alkyl halides is 3. The van der Waals surface area contributed by atoms with Crippen LogP contribution >= 0.6 is 0 Å². The number of nitrogens with zero attached hydrogens (tertiary/aromatic N) is 4. The van der Waals surface area contributed by atoms with Gasteiger partial charge in [0, 0.05) is 70.3 Å². The molecule has 1 saturated heterocycles. The van der Waals surface area contributed by atoms with E-state index in [1.807, 2.05) is 11.8 Å². The Hall–Kier alpha value is -2.98. The number of hydrogen-bond donors (Lipinski definition) is 0. The molecule has 4 heterocycles. The van der Waals surface area contributed by atoms with Gasteiger partial charge < -0.3 is 14.5 Å². The molecule has 7 nitrogen and oxygen atoms in total. The average molecular weight is 531 g/mol. The summed E-state index contributed by atoms with van der Waals surface area (Å²) in [6.07, 6.45) is -1.30. The maximum absolute atomic E-state index is 13.8. The summed E-state index contributed by atoms with van der Waals surface area (Å²) < 4.78 is 45.2. The Kier molecular flexibility index (Phi) is 7.21. The maximum Gasteiger partial charge on any atom is 0.417 e. The van der Waals surface area contributed by atoms with Crippen molar-refractivity contribution in [1.82, 2.24) is 14.8 Å². The van der Waals surface area contributed by atoms with E-state index in [4.69, 9.17) is 4.74 Å². The number of carbonyl (C=O) groups is 2. The highest BCUT2D eigenvalue weighted by atomic mass is 19.4. The van der Waals surface area contributed by atoms with Crippen molar-refractivity contribution in [2.45, 2.75) is 51.9 Å². The molecule has 1 fully saturated rings. The summed E-state index contributed by atoms with van der Waals surface area (Å²) in [6.45, 7) is 5.22. The first-order chi connectivity index (χ1) is 18.1. The van der Waals surface area contributed by atoms with Crippen LogP contribution in [-0.2, 0) is 46.4 Å². The van der Waals surface area contributed by atoms with E-state index in [1.54, 1.807) is 12.0 Å². The molecule has 1 aromatic heterocycles. The van der Waals surface area contributed by atoms with Crippen LogP contribution in [0.25, 0.3) is 0 Å². The normalized spacial score (nSPS) is 22.0. The first-order valence-electron chi connectivity index (χ1n) is 13.1. The quantitative estimate of drug-likeness (QED) is 0.568. The van der Waals surface area contributed by atoms with Gasteiger partial charge in [0.05, 0.1) is 17.6 Å². The lowest BCUT2D eigenvalue weighted by Crippen LogP contribution is -2.49. The molecule has 1 atom stereocenters. The topological polar surface area (TPSA) is 66.0 Å². The second kappa shape index (κ2) is 10.3. The molecule has 10 heteroatoms. The zero-order valence-electron chi connectivity index (χ0n) is 21.8. The molecule has 0 radical (unpaired) electrons. The lowest BCUT2D eigenvalue weighted by molar-refractivity contribution is -0.145. The smallest absolute Gasteiger partial charge is 0.384 e. The third-order valence-electron chi connectivity index (χ3n) is 8.03. The van der Waals surface area contributed by atoms with E-state index in [0.29, 0.717) is 63.2 Å². The molecule has 38 heavy (non-hydrogen) atoms. The van der Waals surface area contributed by atoms with Gasteiger partial charge in [-0.3, -0.25) is 19.5 Å². The van der Waals surface area contributed by atoms with Gasteiger partial charge in [-0.2, -0.15) is 13.2 Å². The Morgan fingerprint density at radius 2 is 1.95 bits per heavy atom. The second-order valence-corrected chi connectivity index (χ2v) is 10.6. The van der Waals surface area contributed by atoms with Gasteiger partial charge in [0.1, 0.15) is 0 Å². The Morgan fingerprint density at radius 1 is 1.13 bits per heavy atom. The number of aryl methyl sites for hydroxylation is 1. The Labute approximate surface area is 220 Å². The van der Waals surface area contributed by atoms with Crippen molar-refractivity contribution in [3.63, 3.8) is 0 Å². The Bertz CT molecular complexity index is 1230. The van der Waals surface area contributed by atoms with E-state index < -0.39 is 17.2 Å². The summed E-state index contributed by atoms with van der Waals surface area (Å²) >= 11 is 0. The highest BCUT2D eigenvalue weighted by Gasteiger charge is 2.47. The van der Waals surface area contributed by atoms with Crippen LogP contribution in [0.5, 0.6) is 0 Å². The number of likely N-dealkylation sites (tertiary alicyclic amines) is 1. The first kappa shape index (κ1) is 26.6. The molecule has 0 aliphatic carbocycles. The zero-order chi connectivity index (χ0) is 27.1. The fourth-order valence-corrected chi connectivity index (χ4v) is 6.10. The molecule has 0 spiro atoms. The van der Waals surface area contributed by atoms with Crippen molar-refractivity contribution < 1.29 is 27.5 Å². The lowest BCUT2D eigenvalue weighted by atomic mass is 9.85. The predicted molar refractivity (Wildman–Crippen MR) is 135 cm³/mol. The van der Waals surface area contributed by atoms with Crippen LogP contribution in [0, 0.1) is 5.41 Å². The number of hydrogen-bond acceptors (Lipinski definition) is 5. The van der Waals surface area contributed by atoms with Crippen molar-refractivity contribution in [1.29, 1.82) is 0 Å². The molecular weight excluding hydrogens is 497 g/mol. The number of benzene rings is 1. The fraction of sp³-hybridized carbons (Fsp3) is 0.536. The van der Waals surface area contributed by atoms with E-state index in [1.165, 1.54) is 5.56 Å². The minimum Gasteiger partial charge on any atom is -0.384 e. The van der Waals surface area contributed by atoms with Gasteiger partial charge in [-0.15, -0.1) is 0 Å². The first-order valence-corrected chi connectivity index (χ1v) is 13.1. The monoisotopic (exact) mass is 530 g/mol. The molecule has 2 amide bonds. The third kappa shape index (κ3) is 5.03. The number of methoxy groups -OCH3 is 1. The molecule has 204 valence electrons. The van der Waals surface area contributed by atoms with E-state index >= 15 is 0 Å². The number of aromatic nitrogens is 1. The van der Waals surface area contributed by atoms with Crippen LogP contribution in [0.3, 0.4) is 0 Å². The molecule has 1 aromatic carbocycles. The summed E-state index contributed by atoms with van der Waals surface area (Å²) in [6, 6.07) is 7.39. The minimum atomic E-state index is -4.48. The van der Waals surface area contributed by atoms with E-state index in [0.717, 1.165) is 29.9 Å². The molecule has 3 aliphatic rings. The highest BCUT2D eigenvalue weighted by molar-refractivity contribution is 5.96. The van der Waals surface area contributed by atoms with Gasteiger partial charge in [-0.05, 0) is 55.1 Å². The summed E-state index contributed by atoms with van der Waals surface area (Å²) in [4.78, 5) is 36.0. The number of pyridine rings is 1. The number of carbonyl (C=O) groups excluding carboxylic acids is 2. The molecule has 5 rings (SSSR count). The third-order valence-corrected chi connectivity index (χ3v) is 8.03. The minimum absolute atomic E-state index is 0.0851. The van der Waals surface area contributed by atoms with Gasteiger partial charge >= 0.3 is 6.18 Å². The average Bonchev–Trinajstić information content (AvgIpc) is 3.30. The predicted octanol–water partition coefficient (Wildman–Crippen LogP) is 3.82. The van der Waals surface area contributed by atoms with Crippen LogP contribution in [-0.4, -0.2) is 66.5 Å². The summed E-state index contributed by atoms with van der Waals surface area (Å²) in [5.74, 6) is 0.0572. The second-order valence-electron chi connectivity index (χ2n) is 10.6. The fourth-order valence-electron chi connectivity index (χ4n) is 6.10. The lowest BCUT2D eigenvalue weighted by Gasteiger charge is -2.36. The highest BCUT2D eigenvalue weighted by Crippen LogP contribution is 2.37. The molecule has 3 aliphatic heterocycles. The van der Waals surface area contributed by atoms with Crippen molar-refractivity contribution >= 4 is 17.5 Å². The van der Waals surface area contributed by atoms with E-state index in [9.17, 15) is 22.8 Å². The van der Waals surface area contributed by atoms with Crippen LogP contribution < -0.4 is 4.90 Å². The molecule has 0 N–H and O–H groups in total. The van der Waals surface area contributed by atoms with Gasteiger partial charge in [0.15, 0.2) is 0 Å². The zero-order valence-corrected chi connectivity index (χ0v) is 21.8. The van der Waals surface area contributed by atoms with Gasteiger partial charge in [0.25, 0.3) is 0 Å². The number of anilines is 1. The number of rotatable bonds is 6. The molecule has 2 aromatic rings. The van der Waals surface area contributed by atoms with Crippen molar-refractivity contribution in [2.75, 3.05) is 44.8 Å². The van der Waals surface area contributed by atoms with Crippen LogP contribution in [0.2, 0.25) is 0 Å². The van der Waals surface area contributed by atoms with Crippen LogP contribution in [0.15, 0.2) is 30.5 Å². The van der Waals surface area contributed by atoms with Gasteiger partial charge in [-0.1, -0.05) is 12.1 Å². The van der Waals surface area contributed by atoms with Crippen molar-refractivity contribution in [3.05, 3.63) is 58.4 Å². The number of amides is 2. The Morgan fingerprint density at radius 3 is 2.68 bits per heavy atom. The maximum atomic E-state index is 13.8. The molecule has 1 unspecified atom stereocenters. The Balaban J connectivity index is 1.31. The number of fused-ring (bicyclic) bond motifs is 2. The van der Waals surface area contributed by atoms with E-state index in [2.05, 4.69) is 28.1 Å². The SMILES string of the molecule is CCN1C(=O)CCc2ccc(CN3CCC(COC)(C(=O)N4CCc5ncc(C(F)(F)F)cc5C4)C3)cc21. The van der Waals surface area contributed by atoms with Gasteiger partial charge in [-0.25, -0.2) is 0 Å². The molecule has 0 bridgehead atoms. The largest absolute Gasteiger partial charge is 0.417 e. The van der Waals surface area contributed by atoms with Crippen molar-refractivity contribution in [3.8, 4) is 0 Å². The summed E-state index contributed by atoms with van der Waals surface area (Å²) in [5.41, 5.74) is 2.73. The van der Waals surface area contributed by atoms with Crippen LogP contribution in [0.4, 0.5) is 18.9 Å². The van der Waals surface area contributed by atoms with Crippen molar-refractivity contribution in [2.24, 2.45) is 5.41 Å². The molecular formula is C28H33F3N4O3. The summed E-state index contributed by atoms with van der Waals surface area (Å²) in [5, 5.41) is 0. The molecule has 0 saturated carbocycles. The van der Waals surface area contributed by atoms with E-state index in [-0.39, 0.29) is 25.0 Å². The van der Waals surface area contributed by atoms with Gasteiger partial charge in [0.2, 0.25) is 11.8 Å². The standard InChI is InChI=1S/C28H33F3N4O3/c1-3-35-24-12-19(4-5-20(24)6-7-25(35)36)15-33-11-9-27(17-33,18-38-2)26(37)34-10-8-23-21(16-34)13-22(14-32-23)28(29,30)31/h4-5,12-14H,3,6-11,15-18H2,1-2H3. The summed E-state index contributed by atoms with van der Waals surface area (Å²) in [7, 11) is 1.57. The van der Waals surface area contributed by atoms with Crippen LogP contribution in [0.1, 0.15) is 47.7 Å². The number of ether oxygens (including phenoxy) is 1. The number of halogens is 3.